The summed E-state index contributed by atoms with van der Waals surface area (Å²) in [5.41, 5.74) is -1.13. The number of hydrazone groups is 1. The lowest BCUT2D eigenvalue weighted by atomic mass is 9.99. The predicted octanol–water partition coefficient (Wildman–Crippen LogP) is -0.847. The van der Waals surface area contributed by atoms with E-state index >= 15 is 0 Å². The van der Waals surface area contributed by atoms with Gasteiger partial charge in [0.15, 0.2) is 6.04 Å². The molecule has 5 aliphatic heterocycles. The molecule has 18 heteroatoms. The fourth-order valence-electron chi connectivity index (χ4n) is 6.00. The number of hydrogen-bond donors (Lipinski definition) is 7. The molecule has 0 aromatic rings. The first-order valence-electron chi connectivity index (χ1n) is 13.7. The second-order valence-electron chi connectivity index (χ2n) is 10.7. The predicted molar refractivity (Wildman–Crippen MR) is 149 cm³/mol. The summed E-state index contributed by atoms with van der Waals surface area (Å²) in [5.74, 6) is -3.25. The number of urea groups is 2. The molecule has 5 fully saturated rings. The Hall–Kier alpha value is -3.54. The summed E-state index contributed by atoms with van der Waals surface area (Å²) >= 11 is 3.24. The summed E-state index contributed by atoms with van der Waals surface area (Å²) in [7, 11) is 0. The van der Waals surface area contributed by atoms with Crippen LogP contribution in [0.15, 0.2) is 4.99 Å². The van der Waals surface area contributed by atoms with Gasteiger partial charge in [-0.15, -0.1) is 0 Å². The first kappa shape index (κ1) is 29.9. The van der Waals surface area contributed by atoms with E-state index in [0.29, 0.717) is 30.0 Å². The smallest absolute Gasteiger partial charge is 0.407 e. The molecule has 5 rings (SSSR count). The van der Waals surface area contributed by atoms with Crippen LogP contribution >= 0.6 is 23.5 Å². The van der Waals surface area contributed by atoms with Crippen molar-refractivity contribution in [2.75, 3.05) is 11.5 Å². The number of carbonyl (C=O) groups excluding carboxylic acids is 4. The van der Waals surface area contributed by atoms with Gasteiger partial charge >= 0.3 is 29.7 Å². The number of carboxylic acids is 2. The third kappa shape index (κ3) is 6.13. The van der Waals surface area contributed by atoms with Crippen LogP contribution in [0.2, 0.25) is 0 Å². The Morgan fingerprint density at radius 1 is 0.881 bits per heavy atom. The molecule has 1 unspecified atom stereocenters. The Morgan fingerprint density at radius 2 is 1.43 bits per heavy atom. The molecule has 6 amide bonds. The van der Waals surface area contributed by atoms with Crippen molar-refractivity contribution >= 4 is 70.8 Å². The summed E-state index contributed by atoms with van der Waals surface area (Å²) in [6.07, 6.45) is 0.814. The normalized spacial score (nSPS) is 31.6. The molecule has 5 heterocycles. The SMILES string of the molecule is O=C1N[C@H]2[C@H](CS[C@H]2CCCC(=NC(CC[C@@H]2SC[C@@H]3NC(=O)N[C@@H]32)C(C(=O)O)=[N+](O)N2C(=O)CCC2=O)C(=O)O)N1. The third-order valence-corrected chi connectivity index (χ3v) is 11.0. The molecule has 42 heavy (non-hydrogen) atoms. The maximum Gasteiger partial charge on any atom is 0.407 e. The second-order valence-corrected chi connectivity index (χ2v) is 13.2. The van der Waals surface area contributed by atoms with E-state index in [9.17, 15) is 44.2 Å². The van der Waals surface area contributed by atoms with Gasteiger partial charge in [0, 0.05) is 34.8 Å². The van der Waals surface area contributed by atoms with E-state index in [0.717, 1.165) is 5.75 Å². The van der Waals surface area contributed by atoms with Crippen molar-refractivity contribution in [3.8, 4) is 0 Å². The van der Waals surface area contributed by atoms with Gasteiger partial charge in [-0.1, -0.05) is 0 Å². The number of aliphatic carboxylic acids is 2. The van der Waals surface area contributed by atoms with Gasteiger partial charge in [0.25, 0.3) is 11.8 Å². The van der Waals surface area contributed by atoms with Crippen LogP contribution in [0.3, 0.4) is 0 Å². The van der Waals surface area contributed by atoms with Gasteiger partial charge in [-0.3, -0.25) is 19.8 Å². The minimum Gasteiger partial charge on any atom is -0.477 e. The van der Waals surface area contributed by atoms with Crippen LogP contribution in [0.5, 0.6) is 0 Å². The van der Waals surface area contributed by atoms with Crippen LogP contribution in [-0.4, -0.2) is 125 Å². The summed E-state index contributed by atoms with van der Waals surface area (Å²) in [6.45, 7) is 0. The van der Waals surface area contributed by atoms with Crippen molar-refractivity contribution in [3.63, 3.8) is 0 Å². The topological polar surface area (TPSA) is 230 Å². The van der Waals surface area contributed by atoms with E-state index in [1.807, 2.05) is 0 Å². The largest absolute Gasteiger partial charge is 0.477 e. The number of hydrazine groups is 1. The van der Waals surface area contributed by atoms with E-state index in [2.05, 4.69) is 26.3 Å². The van der Waals surface area contributed by atoms with Crippen molar-refractivity contribution in [1.82, 2.24) is 26.3 Å². The molecular formula is C24H32N7O9S2+. The number of nitrogens with one attached hydrogen (secondary N) is 4. The minimum absolute atomic E-state index is 0.00951. The van der Waals surface area contributed by atoms with Gasteiger partial charge in [0.05, 0.1) is 24.2 Å². The summed E-state index contributed by atoms with van der Waals surface area (Å²) in [5, 5.41) is 42.5. The zero-order chi connectivity index (χ0) is 30.1. The first-order valence-corrected chi connectivity index (χ1v) is 15.7. The zero-order valence-electron chi connectivity index (χ0n) is 22.4. The van der Waals surface area contributed by atoms with Gasteiger partial charge < -0.3 is 31.5 Å². The van der Waals surface area contributed by atoms with E-state index in [1.165, 1.54) is 0 Å². The Kier molecular flexibility index (Phi) is 8.81. The number of thioether (sulfide) groups is 2. The number of carboxylic acid groups (broad SMARTS) is 2. The molecule has 7 atom stereocenters. The number of nitrogens with zero attached hydrogens (tertiary/aromatic N) is 3. The van der Waals surface area contributed by atoms with Crippen LogP contribution in [-0.2, 0) is 19.2 Å². The molecular weight excluding hydrogens is 594 g/mol. The number of aliphatic imine (C=N–C) groups is 1. The van der Waals surface area contributed by atoms with Crippen molar-refractivity contribution in [2.24, 2.45) is 4.99 Å². The number of carbonyl (C=O) groups is 6. The lowest BCUT2D eigenvalue weighted by Gasteiger charge is -2.19. The van der Waals surface area contributed by atoms with Crippen molar-refractivity contribution < 1.29 is 49.0 Å². The lowest BCUT2D eigenvalue weighted by Crippen LogP contribution is -2.47. The van der Waals surface area contributed by atoms with Gasteiger partial charge in [0.2, 0.25) is 0 Å². The monoisotopic (exact) mass is 626 g/mol. The molecule has 0 aromatic heterocycles. The van der Waals surface area contributed by atoms with Crippen LogP contribution in [0.1, 0.15) is 44.9 Å². The van der Waals surface area contributed by atoms with Crippen LogP contribution in [0, 0.1) is 0 Å². The zero-order valence-corrected chi connectivity index (χ0v) is 24.0. The second kappa shape index (κ2) is 12.4. The average molecular weight is 627 g/mol. The maximum absolute atomic E-state index is 12.4. The van der Waals surface area contributed by atoms with E-state index in [1.54, 1.807) is 23.5 Å². The van der Waals surface area contributed by atoms with Crippen molar-refractivity contribution in [3.05, 3.63) is 0 Å². The minimum atomic E-state index is -1.67. The van der Waals surface area contributed by atoms with E-state index in [4.69, 9.17) is 0 Å². The van der Waals surface area contributed by atoms with Crippen molar-refractivity contribution in [1.29, 1.82) is 0 Å². The molecule has 228 valence electrons. The highest BCUT2D eigenvalue weighted by Crippen LogP contribution is 2.34. The standard InChI is InChI=1S/C24H31N7O9S2/c32-16-6-7-17(33)30(16)31(40)20(22(36)37)10(4-5-15-19-13(9-42-15)27-24(39)29-19)25-11(21(34)35)2-1-3-14-18-12(8-41-14)26-23(38)28-18/h10,12-15,18-19H,1-9H2,(H6-,26,27,28,29,34,35,36,37,38,39,40)/p+1/t10?,12-,13-,14-,15-,18-,19-/m0/s1. The Balaban J connectivity index is 1.37. The maximum atomic E-state index is 12.4. The molecule has 7 N–H and O–H groups in total. The molecule has 5 aliphatic rings. The number of amides is 6. The van der Waals surface area contributed by atoms with Gasteiger partial charge in [-0.2, -0.15) is 23.5 Å². The van der Waals surface area contributed by atoms with Crippen LogP contribution in [0.4, 0.5) is 9.59 Å². The van der Waals surface area contributed by atoms with Gasteiger partial charge in [-0.05, 0) is 37.1 Å². The summed E-state index contributed by atoms with van der Waals surface area (Å²) < 4.78 is 0. The molecule has 16 nitrogen and oxygen atoms in total. The Labute approximate surface area is 248 Å². The number of fused-ring (bicyclic) bond motifs is 2. The highest BCUT2D eigenvalue weighted by molar-refractivity contribution is 8.00. The third-order valence-electron chi connectivity index (χ3n) is 8.03. The molecule has 0 aliphatic carbocycles. The van der Waals surface area contributed by atoms with E-state index in [-0.39, 0.29) is 83.0 Å². The van der Waals surface area contributed by atoms with Crippen LogP contribution in [0.25, 0.3) is 0 Å². The number of imide groups is 1. The number of hydrogen-bond acceptors (Lipinski definition) is 10. The Morgan fingerprint density at radius 3 is 1.95 bits per heavy atom. The fraction of sp³-hybridized carbons (Fsp3) is 0.667. The first-order chi connectivity index (χ1) is 20.0. The van der Waals surface area contributed by atoms with Crippen molar-refractivity contribution in [2.45, 2.75) is 85.7 Å². The quantitative estimate of drug-likeness (QED) is 0.0352. The van der Waals surface area contributed by atoms with Gasteiger partial charge in [0.1, 0.15) is 10.6 Å². The molecule has 0 aromatic carbocycles. The highest BCUT2D eigenvalue weighted by Gasteiger charge is 2.48. The molecule has 5 saturated heterocycles. The van der Waals surface area contributed by atoms with Crippen LogP contribution < -0.4 is 21.3 Å². The molecule has 0 bridgehead atoms. The van der Waals surface area contributed by atoms with E-state index < -0.39 is 35.5 Å². The van der Waals surface area contributed by atoms with Gasteiger partial charge in [-0.25, -0.2) is 19.2 Å². The molecule has 0 radical (unpaired) electrons. The highest BCUT2D eigenvalue weighted by atomic mass is 32.2. The average Bonchev–Trinajstić information content (AvgIpc) is 3.71. The Bertz CT molecular complexity index is 1240. The molecule has 0 saturated carbocycles. The lowest BCUT2D eigenvalue weighted by molar-refractivity contribution is -0.860. The number of rotatable bonds is 12. The fourth-order valence-corrected chi connectivity index (χ4v) is 9.06. The molecule has 0 spiro atoms. The summed E-state index contributed by atoms with van der Waals surface area (Å²) in [4.78, 5) is 77.0. The summed E-state index contributed by atoms with van der Waals surface area (Å²) in [6, 6.07) is -2.33.